The summed E-state index contributed by atoms with van der Waals surface area (Å²) in [7, 11) is 1.02. The van der Waals surface area contributed by atoms with Gasteiger partial charge in [0.15, 0.2) is 24.6 Å². The fourth-order valence-electron chi connectivity index (χ4n) is 7.68. The van der Waals surface area contributed by atoms with Gasteiger partial charge in [-0.25, -0.2) is 54.3 Å². The number of nitrogens with one attached hydrogen (secondary N) is 2. The van der Waals surface area contributed by atoms with Gasteiger partial charge in [0.25, 0.3) is 0 Å². The van der Waals surface area contributed by atoms with E-state index in [-0.39, 0.29) is 6.42 Å². The van der Waals surface area contributed by atoms with Crippen LogP contribution in [0.25, 0.3) is 0 Å². The zero-order chi connectivity index (χ0) is 57.1. The number of hydrogen-bond donors (Lipinski definition) is 3. The number of esters is 4. The van der Waals surface area contributed by atoms with Crippen LogP contribution in [0.4, 0.5) is 35.1 Å². The van der Waals surface area contributed by atoms with Gasteiger partial charge in [0, 0.05) is 20.4 Å². The zero-order valence-electron chi connectivity index (χ0n) is 40.8. The first kappa shape index (κ1) is 58.5. The number of primary amides is 1. The van der Waals surface area contributed by atoms with Gasteiger partial charge in [0.2, 0.25) is 23.6 Å². The number of nitrogens with zero attached hydrogens (tertiary/aromatic N) is 1. The van der Waals surface area contributed by atoms with Gasteiger partial charge in [-0.3, -0.25) is 19.2 Å². The summed E-state index contributed by atoms with van der Waals surface area (Å²) in [5.74, 6) is -22.0. The van der Waals surface area contributed by atoms with Gasteiger partial charge in [0.1, 0.15) is 77.4 Å². The average molecular weight is 1100 g/mol. The fourth-order valence-corrected chi connectivity index (χ4v) is 7.68. The lowest BCUT2D eigenvalue weighted by atomic mass is 9.97. The lowest BCUT2D eigenvalue weighted by Gasteiger charge is -2.44. The third kappa shape index (κ3) is 14.8. The van der Waals surface area contributed by atoms with E-state index in [9.17, 15) is 60.3 Å². The second-order valence-electron chi connectivity index (χ2n) is 17.1. The Balaban J connectivity index is 1.52. The minimum atomic E-state index is -2.69. The van der Waals surface area contributed by atoms with Crippen molar-refractivity contribution in [2.45, 2.75) is 69.1 Å². The Labute approximate surface area is 436 Å². The molecule has 0 aromatic heterocycles. The van der Waals surface area contributed by atoms with E-state index in [1.807, 2.05) is 0 Å². The van der Waals surface area contributed by atoms with E-state index in [2.05, 4.69) is 10.6 Å². The summed E-state index contributed by atoms with van der Waals surface area (Å²) in [5, 5.41) is 4.69. The number of carbonyl (C=O) groups excluding carboxylic acids is 8. The van der Waals surface area contributed by atoms with Gasteiger partial charge in [-0.2, -0.15) is 0 Å². The zero-order valence-corrected chi connectivity index (χ0v) is 40.8. The number of benzene rings is 5. The highest BCUT2D eigenvalue weighted by Gasteiger charge is 2.54. The van der Waals surface area contributed by atoms with Crippen LogP contribution in [-0.2, 0) is 54.0 Å². The second kappa shape index (κ2) is 25.8. The van der Waals surface area contributed by atoms with Crippen LogP contribution in [0.15, 0.2) is 103 Å². The van der Waals surface area contributed by atoms with Crippen molar-refractivity contribution in [1.82, 2.24) is 15.5 Å². The molecule has 5 aromatic rings. The van der Waals surface area contributed by atoms with Crippen molar-refractivity contribution in [2.24, 2.45) is 5.73 Å². The number of amides is 4. The summed E-state index contributed by atoms with van der Waals surface area (Å²) in [6.07, 6.45) is -13.0. The standard InChI is InChI=1S/C52H44F8N4O14/c1-24(62-25(2)65)47(68)64(3)40(46(67)63-39(45(61)66)17-26-7-5-4-6-8-26)22-74-52-44(78-51(72)34-21-30(56)12-16-38(34)60)43(77-50(71)33-20-29(55)11-15-37(33)59)42(76-49(70)32-19-28(54)10-14-36(32)58)41(75-52)23-73-48(69)31-18-27(53)9-13-35(31)57/h4-16,18-21,24,39-44,52H,17,22-23H2,1-3H3,(H2,61,66)(H,62,65)(H,63,67)/t24-,39+,40+,41-,42-,43+,44-,52-/m1/s1. The molecule has 4 amide bonds. The molecule has 0 aliphatic carbocycles. The fraction of sp³-hybridized carbons (Fsp3) is 0.269. The molecule has 1 fully saturated rings. The van der Waals surface area contributed by atoms with Gasteiger partial charge < -0.3 is 49.7 Å². The predicted molar refractivity (Wildman–Crippen MR) is 249 cm³/mol. The molecular weight excluding hydrogens is 1060 g/mol. The van der Waals surface area contributed by atoms with Crippen molar-refractivity contribution in [3.63, 3.8) is 0 Å². The first-order chi connectivity index (χ1) is 36.9. The number of likely N-dealkylation sites (N-methyl/N-ethyl adjacent to an activating group) is 1. The van der Waals surface area contributed by atoms with Crippen LogP contribution in [0.3, 0.4) is 0 Å². The van der Waals surface area contributed by atoms with Crippen LogP contribution < -0.4 is 16.4 Å². The third-order valence-electron chi connectivity index (χ3n) is 11.6. The van der Waals surface area contributed by atoms with Crippen LogP contribution in [0.2, 0.25) is 0 Å². The molecule has 0 unspecified atom stereocenters. The van der Waals surface area contributed by atoms with Gasteiger partial charge in [-0.15, -0.1) is 0 Å². The number of nitrogens with two attached hydrogens (primary N) is 1. The molecule has 0 saturated carbocycles. The molecule has 1 heterocycles. The molecule has 1 aliphatic rings. The maximum Gasteiger partial charge on any atom is 0.341 e. The lowest BCUT2D eigenvalue weighted by Crippen LogP contribution is -2.64. The number of rotatable bonds is 20. The van der Waals surface area contributed by atoms with Crippen LogP contribution in [0.1, 0.15) is 60.8 Å². The van der Waals surface area contributed by atoms with E-state index >= 15 is 13.2 Å². The predicted octanol–water partition coefficient (Wildman–Crippen LogP) is 4.94. The Morgan fingerprint density at radius 1 is 0.603 bits per heavy atom. The monoisotopic (exact) mass is 1100 g/mol. The van der Waals surface area contributed by atoms with Crippen LogP contribution in [0.5, 0.6) is 0 Å². The maximum atomic E-state index is 15.3. The molecule has 412 valence electrons. The summed E-state index contributed by atoms with van der Waals surface area (Å²) < 4.78 is 153. The van der Waals surface area contributed by atoms with E-state index in [0.717, 1.165) is 14.0 Å². The van der Waals surface area contributed by atoms with Crippen LogP contribution >= 0.6 is 0 Å². The second-order valence-corrected chi connectivity index (χ2v) is 17.1. The lowest BCUT2D eigenvalue weighted by molar-refractivity contribution is -0.300. The summed E-state index contributed by atoms with van der Waals surface area (Å²) >= 11 is 0. The van der Waals surface area contributed by atoms with Gasteiger partial charge in [-0.05, 0) is 85.3 Å². The van der Waals surface area contributed by atoms with Crippen molar-refractivity contribution in [1.29, 1.82) is 0 Å². The number of hydrogen-bond acceptors (Lipinski definition) is 14. The number of carbonyl (C=O) groups is 8. The van der Waals surface area contributed by atoms with Crippen molar-refractivity contribution in [3.8, 4) is 0 Å². The van der Waals surface area contributed by atoms with Gasteiger partial charge in [0.05, 0.1) is 28.9 Å². The van der Waals surface area contributed by atoms with E-state index in [1.165, 1.54) is 6.92 Å². The molecule has 1 aliphatic heterocycles. The van der Waals surface area contributed by atoms with Gasteiger partial charge >= 0.3 is 23.9 Å². The highest BCUT2D eigenvalue weighted by atomic mass is 19.2. The smallest absolute Gasteiger partial charge is 0.341 e. The molecule has 0 radical (unpaired) electrons. The SMILES string of the molecule is CC(=O)N[C@H](C)C(=O)N(C)[C@@H](CO[C@@H]1O[C@H](COC(=O)c2cc(F)ccc2F)[C@@H](OC(=O)c2cc(F)ccc2F)[C@H](OC(=O)c2cc(F)ccc2F)[C@H]1OC(=O)c1cc(F)ccc1F)C(=O)N[C@@H](Cc1ccccc1)C(N)=O. The van der Waals surface area contributed by atoms with Crippen molar-refractivity contribution in [2.75, 3.05) is 20.3 Å². The van der Waals surface area contributed by atoms with E-state index in [0.29, 0.717) is 83.3 Å². The average Bonchev–Trinajstić information content (AvgIpc) is 3.43. The summed E-state index contributed by atoms with van der Waals surface area (Å²) in [6.45, 7) is -0.328. The molecule has 1 saturated heterocycles. The van der Waals surface area contributed by atoms with Crippen molar-refractivity contribution < 1.29 is 102 Å². The normalized spacial score (nSPS) is 18.0. The van der Waals surface area contributed by atoms with E-state index in [1.54, 1.807) is 30.3 Å². The minimum absolute atomic E-state index is 0.228. The number of ether oxygens (including phenoxy) is 6. The quantitative estimate of drug-likeness (QED) is 0.0531. The first-order valence-corrected chi connectivity index (χ1v) is 23.0. The van der Waals surface area contributed by atoms with Crippen LogP contribution in [-0.4, -0.2) is 121 Å². The Bertz CT molecular complexity index is 3100. The molecule has 26 heteroatoms. The van der Waals surface area contributed by atoms with Crippen molar-refractivity contribution >= 4 is 47.5 Å². The minimum Gasteiger partial charge on any atom is -0.459 e. The Morgan fingerprint density at radius 2 is 1.04 bits per heavy atom. The Hall–Kier alpha value is -8.78. The van der Waals surface area contributed by atoms with Crippen LogP contribution in [0, 0.1) is 46.5 Å². The summed E-state index contributed by atoms with van der Waals surface area (Å²) in [4.78, 5) is 109. The highest BCUT2D eigenvalue weighted by Crippen LogP contribution is 2.33. The molecular formula is C52H44F8N4O14. The molecule has 0 spiro atoms. The molecule has 0 bridgehead atoms. The molecule has 18 nitrogen and oxygen atoms in total. The molecule has 4 N–H and O–H groups in total. The molecule has 6 rings (SSSR count). The highest BCUT2D eigenvalue weighted by molar-refractivity contribution is 5.94. The van der Waals surface area contributed by atoms with Gasteiger partial charge in [-0.1, -0.05) is 30.3 Å². The Kier molecular flexibility index (Phi) is 19.4. The topological polar surface area (TPSA) is 245 Å². The molecule has 78 heavy (non-hydrogen) atoms. The maximum absolute atomic E-state index is 15.3. The summed E-state index contributed by atoms with van der Waals surface area (Å²) in [6, 6.07) is 8.76. The Morgan fingerprint density at radius 3 is 1.49 bits per heavy atom. The summed E-state index contributed by atoms with van der Waals surface area (Å²) in [5.41, 5.74) is 1.46. The van der Waals surface area contributed by atoms with Crippen molar-refractivity contribution in [3.05, 3.63) is 177 Å². The largest absolute Gasteiger partial charge is 0.459 e. The third-order valence-corrected chi connectivity index (χ3v) is 11.6. The van der Waals surface area contributed by atoms with E-state index < -0.39 is 178 Å². The number of halogens is 8. The van der Waals surface area contributed by atoms with E-state index in [4.69, 9.17) is 34.2 Å². The molecule has 8 atom stereocenters. The first-order valence-electron chi connectivity index (χ1n) is 23.0. The molecule has 5 aromatic carbocycles.